The van der Waals surface area contributed by atoms with Gasteiger partial charge in [0.1, 0.15) is 11.5 Å². The van der Waals surface area contributed by atoms with Gasteiger partial charge >= 0.3 is 0 Å². The van der Waals surface area contributed by atoms with Gasteiger partial charge in [0, 0.05) is 6.07 Å². The molecule has 1 heterocycles. The molecule has 0 aliphatic rings. The van der Waals surface area contributed by atoms with Crippen LogP contribution in [0.1, 0.15) is 0 Å². The van der Waals surface area contributed by atoms with Crippen molar-refractivity contribution in [1.29, 1.82) is 0 Å². The topological polar surface area (TPSA) is 39.2 Å². The van der Waals surface area contributed by atoms with E-state index in [-0.39, 0.29) is 0 Å². The van der Waals surface area contributed by atoms with E-state index in [1.165, 1.54) is 0 Å². The molecule has 0 amide bonds. The van der Waals surface area contributed by atoms with Gasteiger partial charge in [-0.2, -0.15) is 0 Å². The van der Waals surface area contributed by atoms with Crippen LogP contribution in [0.5, 0.6) is 11.5 Å². The standard InChI is InChI=1S/C15H14N2O2S/c1-18-10-7-8-12-11(9-10)16-15(20)17(12)13-5-3-4-6-14(13)19-2/h3-9H,1-2H3,(H,16,20). The second kappa shape index (κ2) is 5.02. The van der Waals surface area contributed by atoms with Gasteiger partial charge in [0.15, 0.2) is 4.77 Å². The molecule has 102 valence electrons. The van der Waals surface area contributed by atoms with Crippen molar-refractivity contribution >= 4 is 23.3 Å². The molecule has 20 heavy (non-hydrogen) atoms. The average Bonchev–Trinajstić information content (AvgIpc) is 2.81. The molecule has 0 unspecified atom stereocenters. The summed E-state index contributed by atoms with van der Waals surface area (Å²) in [5.41, 5.74) is 2.83. The highest BCUT2D eigenvalue weighted by atomic mass is 32.1. The maximum absolute atomic E-state index is 5.43. The van der Waals surface area contributed by atoms with Crippen molar-refractivity contribution < 1.29 is 9.47 Å². The number of nitrogens with zero attached hydrogens (tertiary/aromatic N) is 1. The normalized spacial score (nSPS) is 10.7. The number of hydrogen-bond acceptors (Lipinski definition) is 3. The van der Waals surface area contributed by atoms with E-state index in [0.717, 1.165) is 28.2 Å². The summed E-state index contributed by atoms with van der Waals surface area (Å²) in [6, 6.07) is 13.6. The first-order valence-corrected chi connectivity index (χ1v) is 6.57. The van der Waals surface area contributed by atoms with Crippen molar-refractivity contribution in [2.24, 2.45) is 0 Å². The molecule has 0 atom stereocenters. The summed E-state index contributed by atoms with van der Waals surface area (Å²) >= 11 is 5.43. The molecular formula is C15H14N2O2S. The minimum Gasteiger partial charge on any atom is -0.497 e. The highest BCUT2D eigenvalue weighted by Crippen LogP contribution is 2.28. The lowest BCUT2D eigenvalue weighted by Crippen LogP contribution is -1.97. The number of aromatic amines is 1. The van der Waals surface area contributed by atoms with Crippen LogP contribution < -0.4 is 9.47 Å². The Hall–Kier alpha value is -2.27. The molecule has 1 aromatic heterocycles. The summed E-state index contributed by atoms with van der Waals surface area (Å²) < 4.78 is 13.2. The van der Waals surface area contributed by atoms with Gasteiger partial charge in [-0.3, -0.25) is 4.57 Å². The Balaban J connectivity index is 2.31. The second-order valence-corrected chi connectivity index (χ2v) is 4.71. The van der Waals surface area contributed by atoms with Crippen molar-refractivity contribution in [3.05, 3.63) is 47.2 Å². The first kappa shape index (κ1) is 12.7. The summed E-state index contributed by atoms with van der Waals surface area (Å²) in [6.45, 7) is 0. The summed E-state index contributed by atoms with van der Waals surface area (Å²) in [4.78, 5) is 3.19. The molecule has 1 N–H and O–H groups in total. The van der Waals surface area contributed by atoms with Crippen LogP contribution in [-0.2, 0) is 0 Å². The van der Waals surface area contributed by atoms with Crippen molar-refractivity contribution in [3.63, 3.8) is 0 Å². The number of imidazole rings is 1. The maximum atomic E-state index is 5.43. The van der Waals surface area contributed by atoms with Gasteiger partial charge in [-0.15, -0.1) is 0 Å². The monoisotopic (exact) mass is 286 g/mol. The number of aromatic nitrogens is 2. The van der Waals surface area contributed by atoms with Crippen molar-refractivity contribution in [2.45, 2.75) is 0 Å². The molecule has 2 aromatic carbocycles. The van der Waals surface area contributed by atoms with Crippen molar-refractivity contribution in [2.75, 3.05) is 14.2 Å². The van der Waals surface area contributed by atoms with Crippen LogP contribution in [0.4, 0.5) is 0 Å². The fraction of sp³-hybridized carbons (Fsp3) is 0.133. The molecule has 0 fully saturated rings. The number of nitrogens with one attached hydrogen (secondary N) is 1. The Morgan fingerprint density at radius 3 is 2.60 bits per heavy atom. The van der Waals surface area contributed by atoms with Crippen LogP contribution in [0.2, 0.25) is 0 Å². The SMILES string of the molecule is COc1ccc2c(c1)[nH]c(=S)n2-c1ccccc1OC. The van der Waals surface area contributed by atoms with Gasteiger partial charge in [0.25, 0.3) is 0 Å². The van der Waals surface area contributed by atoms with Gasteiger partial charge in [0.2, 0.25) is 0 Å². The molecule has 0 aliphatic heterocycles. The van der Waals surface area contributed by atoms with Crippen LogP contribution in [0.25, 0.3) is 16.7 Å². The lowest BCUT2D eigenvalue weighted by atomic mass is 10.2. The molecule has 0 aliphatic carbocycles. The van der Waals surface area contributed by atoms with Crippen LogP contribution in [0, 0.1) is 4.77 Å². The fourth-order valence-electron chi connectivity index (χ4n) is 2.27. The Kier molecular flexibility index (Phi) is 3.20. The number of benzene rings is 2. The number of hydrogen-bond donors (Lipinski definition) is 1. The predicted octanol–water partition coefficient (Wildman–Crippen LogP) is 3.71. The van der Waals surface area contributed by atoms with E-state index in [0.29, 0.717) is 4.77 Å². The predicted molar refractivity (Wildman–Crippen MR) is 81.6 cm³/mol. The number of para-hydroxylation sites is 2. The lowest BCUT2D eigenvalue weighted by molar-refractivity contribution is 0.413. The first-order valence-electron chi connectivity index (χ1n) is 6.17. The Morgan fingerprint density at radius 1 is 1.05 bits per heavy atom. The molecule has 4 nitrogen and oxygen atoms in total. The second-order valence-electron chi connectivity index (χ2n) is 4.32. The number of ether oxygens (including phenoxy) is 2. The van der Waals surface area contributed by atoms with Gasteiger partial charge in [0.05, 0.1) is 30.9 Å². The van der Waals surface area contributed by atoms with Gasteiger partial charge in [-0.1, -0.05) is 12.1 Å². The summed E-state index contributed by atoms with van der Waals surface area (Å²) in [6.07, 6.45) is 0. The van der Waals surface area contributed by atoms with Gasteiger partial charge in [-0.05, 0) is 36.5 Å². The van der Waals surface area contributed by atoms with E-state index in [9.17, 15) is 0 Å². The Bertz CT molecular complexity index is 820. The van der Waals surface area contributed by atoms with Crippen LogP contribution in [-0.4, -0.2) is 23.8 Å². The molecule has 0 saturated heterocycles. The third-order valence-corrected chi connectivity index (χ3v) is 3.50. The Morgan fingerprint density at radius 2 is 1.85 bits per heavy atom. The smallest absolute Gasteiger partial charge is 0.182 e. The average molecular weight is 286 g/mol. The van der Waals surface area contributed by atoms with E-state index in [4.69, 9.17) is 21.7 Å². The maximum Gasteiger partial charge on any atom is 0.182 e. The third-order valence-electron chi connectivity index (χ3n) is 3.22. The lowest BCUT2D eigenvalue weighted by Gasteiger charge is -2.10. The fourth-order valence-corrected chi connectivity index (χ4v) is 2.58. The zero-order chi connectivity index (χ0) is 14.1. The van der Waals surface area contributed by atoms with E-state index in [1.54, 1.807) is 14.2 Å². The molecular weight excluding hydrogens is 272 g/mol. The molecule has 3 aromatic rings. The Labute approximate surface area is 121 Å². The molecule has 0 spiro atoms. The number of methoxy groups -OCH3 is 2. The summed E-state index contributed by atoms with van der Waals surface area (Å²) in [7, 11) is 3.30. The highest BCUT2D eigenvalue weighted by molar-refractivity contribution is 7.71. The largest absolute Gasteiger partial charge is 0.497 e. The minimum absolute atomic E-state index is 0.623. The van der Waals surface area contributed by atoms with Crippen LogP contribution >= 0.6 is 12.2 Å². The molecule has 5 heteroatoms. The van der Waals surface area contributed by atoms with Crippen molar-refractivity contribution in [1.82, 2.24) is 9.55 Å². The van der Waals surface area contributed by atoms with E-state index in [2.05, 4.69) is 4.98 Å². The molecule has 0 saturated carbocycles. The number of rotatable bonds is 3. The van der Waals surface area contributed by atoms with Crippen molar-refractivity contribution in [3.8, 4) is 17.2 Å². The van der Waals surface area contributed by atoms with Crippen LogP contribution in [0.3, 0.4) is 0 Å². The quantitative estimate of drug-likeness (QED) is 0.746. The van der Waals surface area contributed by atoms with E-state index >= 15 is 0 Å². The zero-order valence-corrected chi connectivity index (χ0v) is 12.0. The van der Waals surface area contributed by atoms with Gasteiger partial charge in [-0.25, -0.2) is 0 Å². The summed E-state index contributed by atoms with van der Waals surface area (Å²) in [5.74, 6) is 1.57. The van der Waals surface area contributed by atoms with Gasteiger partial charge < -0.3 is 14.5 Å². The summed E-state index contributed by atoms with van der Waals surface area (Å²) in [5, 5.41) is 0. The van der Waals surface area contributed by atoms with E-state index < -0.39 is 0 Å². The number of H-pyrrole nitrogens is 1. The zero-order valence-electron chi connectivity index (χ0n) is 11.2. The molecule has 0 bridgehead atoms. The first-order chi connectivity index (χ1) is 9.74. The third kappa shape index (κ3) is 1.96. The van der Waals surface area contributed by atoms with Crippen LogP contribution in [0.15, 0.2) is 42.5 Å². The highest BCUT2D eigenvalue weighted by Gasteiger charge is 2.11. The van der Waals surface area contributed by atoms with E-state index in [1.807, 2.05) is 47.0 Å². The molecule has 0 radical (unpaired) electrons. The molecule has 3 rings (SSSR count). The minimum atomic E-state index is 0.623. The number of fused-ring (bicyclic) bond motifs is 1.